The van der Waals surface area contributed by atoms with E-state index in [9.17, 15) is 20.2 Å². The van der Waals surface area contributed by atoms with Crippen molar-refractivity contribution < 1.29 is 14.4 Å². The zero-order valence-electron chi connectivity index (χ0n) is 17.8. The number of nitro groups is 2. The maximum atomic E-state index is 11.2. The summed E-state index contributed by atoms with van der Waals surface area (Å²) in [6, 6.07) is 6.10. The third-order valence-electron chi connectivity index (χ3n) is 7.75. The average Bonchev–Trinajstić information content (AvgIpc) is 3.43. The summed E-state index contributed by atoms with van der Waals surface area (Å²) in [6.45, 7) is 0. The van der Waals surface area contributed by atoms with E-state index in [4.69, 9.17) is 4.52 Å². The van der Waals surface area contributed by atoms with Gasteiger partial charge in [-0.15, -0.1) is 0 Å². The van der Waals surface area contributed by atoms with Crippen molar-refractivity contribution in [1.29, 1.82) is 0 Å². The van der Waals surface area contributed by atoms with Gasteiger partial charge in [0.2, 0.25) is 11.7 Å². The van der Waals surface area contributed by atoms with Gasteiger partial charge in [0, 0.05) is 24.1 Å². The number of nitrogens with zero attached hydrogens (tertiary/aromatic N) is 6. The molecule has 0 aliphatic heterocycles. The van der Waals surface area contributed by atoms with E-state index in [2.05, 4.69) is 15.2 Å². The molecule has 0 N–H and O–H groups in total. The van der Waals surface area contributed by atoms with Crippen molar-refractivity contribution in [2.75, 3.05) is 0 Å². The number of aromatic nitrogens is 4. The summed E-state index contributed by atoms with van der Waals surface area (Å²) in [7, 11) is 0. The molecule has 11 nitrogen and oxygen atoms in total. The molecule has 33 heavy (non-hydrogen) atoms. The largest absolute Gasteiger partial charge is 0.339 e. The molecule has 2 aromatic heterocycles. The van der Waals surface area contributed by atoms with Crippen molar-refractivity contribution in [2.45, 2.75) is 50.5 Å². The molecule has 0 spiro atoms. The van der Waals surface area contributed by atoms with Crippen molar-refractivity contribution in [1.82, 2.24) is 19.9 Å². The number of hydrogen-bond donors (Lipinski definition) is 0. The summed E-state index contributed by atoms with van der Waals surface area (Å²) in [5.41, 5.74) is 0.523. The van der Waals surface area contributed by atoms with Gasteiger partial charge in [0.05, 0.1) is 15.4 Å². The molecular formula is C22H22N6O5. The number of nitro benzene ring substituents is 1. The predicted molar refractivity (Wildman–Crippen MR) is 114 cm³/mol. The third-order valence-corrected chi connectivity index (χ3v) is 7.75. The predicted octanol–water partition coefficient (Wildman–Crippen LogP) is 4.29. The molecule has 4 aliphatic carbocycles. The van der Waals surface area contributed by atoms with Crippen LogP contribution in [0.25, 0.3) is 11.4 Å². The molecular weight excluding hydrogens is 428 g/mol. The van der Waals surface area contributed by atoms with Crippen LogP contribution in [0.5, 0.6) is 0 Å². The lowest BCUT2D eigenvalue weighted by Crippen LogP contribution is -2.57. The molecule has 170 valence electrons. The monoisotopic (exact) mass is 450 g/mol. The Balaban J connectivity index is 1.27. The second-order valence-electron chi connectivity index (χ2n) is 10.1. The molecule has 4 bridgehead atoms. The van der Waals surface area contributed by atoms with Gasteiger partial charge in [-0.3, -0.25) is 24.9 Å². The molecule has 2 atom stereocenters. The van der Waals surface area contributed by atoms with E-state index in [-0.39, 0.29) is 22.3 Å². The van der Waals surface area contributed by atoms with Crippen LogP contribution in [-0.4, -0.2) is 29.8 Å². The van der Waals surface area contributed by atoms with Crippen LogP contribution in [0.1, 0.15) is 44.4 Å². The van der Waals surface area contributed by atoms with Gasteiger partial charge in [-0.1, -0.05) is 5.16 Å². The maximum Gasteiger partial charge on any atom is 0.307 e. The van der Waals surface area contributed by atoms with Crippen molar-refractivity contribution in [3.05, 3.63) is 62.8 Å². The Kier molecular flexibility index (Phi) is 4.20. The normalized spacial score (nSPS) is 29.9. The Morgan fingerprint density at radius 1 is 1.03 bits per heavy atom. The van der Waals surface area contributed by atoms with Gasteiger partial charge in [-0.25, -0.2) is 0 Å². The quantitative estimate of drug-likeness (QED) is 0.400. The summed E-state index contributed by atoms with van der Waals surface area (Å²) >= 11 is 0. The van der Waals surface area contributed by atoms with E-state index >= 15 is 0 Å². The van der Waals surface area contributed by atoms with Crippen LogP contribution in [0, 0.1) is 37.5 Å². The minimum Gasteiger partial charge on any atom is -0.339 e. The van der Waals surface area contributed by atoms with E-state index < -0.39 is 9.85 Å². The molecule has 4 saturated carbocycles. The lowest BCUT2D eigenvalue weighted by atomic mass is 9.46. The van der Waals surface area contributed by atoms with E-state index in [1.807, 2.05) is 4.68 Å². The minimum absolute atomic E-state index is 0.00406. The summed E-state index contributed by atoms with van der Waals surface area (Å²) in [6.07, 6.45) is 9.86. The highest BCUT2D eigenvalue weighted by atomic mass is 16.6. The number of benzene rings is 1. The fraction of sp³-hybridized carbons (Fsp3) is 0.500. The average molecular weight is 450 g/mol. The first kappa shape index (κ1) is 20.0. The van der Waals surface area contributed by atoms with Crippen molar-refractivity contribution in [3.63, 3.8) is 0 Å². The molecule has 2 unspecified atom stereocenters. The van der Waals surface area contributed by atoms with Gasteiger partial charge in [0.15, 0.2) is 0 Å². The first-order chi connectivity index (χ1) is 15.8. The van der Waals surface area contributed by atoms with Crippen LogP contribution in [0.2, 0.25) is 0 Å². The number of rotatable bonds is 6. The number of hydrogen-bond acceptors (Lipinski definition) is 8. The summed E-state index contributed by atoms with van der Waals surface area (Å²) in [5.74, 6) is 2.10. The molecule has 2 heterocycles. The van der Waals surface area contributed by atoms with Crippen molar-refractivity contribution >= 4 is 11.4 Å². The molecule has 4 fully saturated rings. The second-order valence-corrected chi connectivity index (χ2v) is 10.1. The molecule has 0 radical (unpaired) electrons. The SMILES string of the molecule is O=[N+]([O-])c1ccc(-c2noc(CC34CC5CC(C3)CC(n3cc([N+](=O)[O-])cn3)(C5)C4)n2)cc1. The van der Waals surface area contributed by atoms with Gasteiger partial charge in [-0.05, 0) is 67.9 Å². The zero-order chi connectivity index (χ0) is 22.8. The Labute approximate surface area is 188 Å². The first-order valence-electron chi connectivity index (χ1n) is 11.1. The lowest BCUT2D eigenvalue weighted by molar-refractivity contribution is -0.385. The summed E-state index contributed by atoms with van der Waals surface area (Å²) in [4.78, 5) is 25.9. The van der Waals surface area contributed by atoms with Crippen LogP contribution in [0.4, 0.5) is 11.4 Å². The third kappa shape index (κ3) is 3.30. The van der Waals surface area contributed by atoms with E-state index in [1.54, 1.807) is 18.3 Å². The molecule has 0 amide bonds. The minimum atomic E-state index is -0.442. The zero-order valence-corrected chi connectivity index (χ0v) is 17.8. The van der Waals surface area contributed by atoms with Gasteiger partial charge in [-0.2, -0.15) is 10.1 Å². The van der Waals surface area contributed by atoms with Crippen molar-refractivity contribution in [2.24, 2.45) is 17.3 Å². The standard InChI is InChI=1S/C22H22N6O5/c29-27(30)17-3-1-16(2-4-17)20-24-19(33-25-20)10-21-6-14-5-15(7-21)9-22(8-14,13-21)26-12-18(11-23-26)28(31)32/h1-4,11-12,14-15H,5-10,13H2. The van der Waals surface area contributed by atoms with Crippen LogP contribution < -0.4 is 0 Å². The molecule has 0 saturated heterocycles. The molecule has 7 rings (SSSR count). The topological polar surface area (TPSA) is 143 Å². The highest BCUT2D eigenvalue weighted by molar-refractivity contribution is 5.56. The molecule has 3 aromatic rings. The Morgan fingerprint density at radius 2 is 1.73 bits per heavy atom. The molecule has 11 heteroatoms. The smallest absolute Gasteiger partial charge is 0.307 e. The van der Waals surface area contributed by atoms with Gasteiger partial charge < -0.3 is 4.52 Å². The summed E-state index contributed by atoms with van der Waals surface area (Å²) in [5, 5.41) is 30.6. The second kappa shape index (κ2) is 6.93. The van der Waals surface area contributed by atoms with Crippen LogP contribution in [0.3, 0.4) is 0 Å². The van der Waals surface area contributed by atoms with Crippen LogP contribution >= 0.6 is 0 Å². The summed E-state index contributed by atoms with van der Waals surface area (Å²) < 4.78 is 7.46. The van der Waals surface area contributed by atoms with Gasteiger partial charge in [0.1, 0.15) is 12.4 Å². The van der Waals surface area contributed by atoms with Crippen molar-refractivity contribution in [3.8, 4) is 11.4 Å². The Bertz CT molecular complexity index is 1230. The fourth-order valence-corrected chi connectivity index (χ4v) is 7.04. The lowest BCUT2D eigenvalue weighted by Gasteiger charge is -2.61. The highest BCUT2D eigenvalue weighted by Gasteiger charge is 2.59. The van der Waals surface area contributed by atoms with Crippen LogP contribution in [0.15, 0.2) is 41.2 Å². The van der Waals surface area contributed by atoms with E-state index in [1.165, 1.54) is 24.8 Å². The highest BCUT2D eigenvalue weighted by Crippen LogP contribution is 2.65. The number of non-ortho nitro benzene ring substituents is 1. The first-order valence-corrected chi connectivity index (χ1v) is 11.1. The van der Waals surface area contributed by atoms with E-state index in [0.717, 1.165) is 32.1 Å². The van der Waals surface area contributed by atoms with E-state index in [0.29, 0.717) is 35.5 Å². The molecule has 1 aromatic carbocycles. The Morgan fingerprint density at radius 3 is 2.36 bits per heavy atom. The fourth-order valence-electron chi connectivity index (χ4n) is 7.04. The maximum absolute atomic E-state index is 11.2. The van der Waals surface area contributed by atoms with Crippen LogP contribution in [-0.2, 0) is 12.0 Å². The Hall–Kier alpha value is -3.63. The van der Waals surface area contributed by atoms with Gasteiger partial charge >= 0.3 is 5.69 Å². The van der Waals surface area contributed by atoms with Gasteiger partial charge in [0.25, 0.3) is 5.69 Å². The molecule has 4 aliphatic rings.